The van der Waals surface area contributed by atoms with Crippen LogP contribution in [-0.4, -0.2) is 17.7 Å². The molecule has 0 heterocycles. The van der Waals surface area contributed by atoms with E-state index in [0.29, 0.717) is 0 Å². The van der Waals surface area contributed by atoms with E-state index >= 15 is 0 Å². The highest BCUT2D eigenvalue weighted by atomic mass is 16.6. The summed E-state index contributed by atoms with van der Waals surface area (Å²) in [6.07, 6.45) is 0.513. The van der Waals surface area contributed by atoms with Gasteiger partial charge in [0.05, 0.1) is 6.04 Å². The molecule has 0 spiro atoms. The van der Waals surface area contributed by atoms with E-state index in [9.17, 15) is 4.79 Å². The quantitative estimate of drug-likeness (QED) is 0.854. The van der Waals surface area contributed by atoms with Crippen molar-refractivity contribution in [3.63, 3.8) is 0 Å². The fourth-order valence-electron chi connectivity index (χ4n) is 1.67. The highest BCUT2D eigenvalue weighted by Gasteiger charge is 2.21. The van der Waals surface area contributed by atoms with Crippen LogP contribution in [0.25, 0.3) is 0 Å². The van der Waals surface area contributed by atoms with Crippen LogP contribution in [0.1, 0.15) is 46.6 Å². The second kappa shape index (κ2) is 7.73. The molecule has 1 amide bonds. The summed E-state index contributed by atoms with van der Waals surface area (Å²) in [5.41, 5.74) is 0.438. The molecule has 114 valence electrons. The van der Waals surface area contributed by atoms with Crippen molar-refractivity contribution in [2.24, 2.45) is 5.92 Å². The maximum Gasteiger partial charge on any atom is 0.408 e. The van der Waals surface area contributed by atoms with Crippen molar-refractivity contribution in [2.45, 2.75) is 52.7 Å². The first kappa shape index (κ1) is 17.1. The number of ether oxygens (including phenoxy) is 1. The SMILES string of the molecule is CCC(C)C(C#Cc1ccccc1)NC(=O)OC(C)(C)C. The zero-order chi connectivity index (χ0) is 15.9. The number of nitrogens with one attached hydrogen (secondary N) is 1. The Hall–Kier alpha value is -1.95. The van der Waals surface area contributed by atoms with Gasteiger partial charge in [-0.15, -0.1) is 0 Å². The van der Waals surface area contributed by atoms with Gasteiger partial charge in [-0.2, -0.15) is 0 Å². The maximum atomic E-state index is 11.9. The van der Waals surface area contributed by atoms with Gasteiger partial charge in [-0.25, -0.2) is 4.79 Å². The van der Waals surface area contributed by atoms with Gasteiger partial charge in [-0.1, -0.05) is 50.3 Å². The fraction of sp³-hybridized carbons (Fsp3) is 0.500. The van der Waals surface area contributed by atoms with Crippen LogP contribution in [-0.2, 0) is 4.74 Å². The number of amides is 1. The lowest BCUT2D eigenvalue weighted by Crippen LogP contribution is -2.41. The number of alkyl carbamates (subject to hydrolysis) is 1. The van der Waals surface area contributed by atoms with Crippen molar-refractivity contribution in [2.75, 3.05) is 0 Å². The third kappa shape index (κ3) is 6.85. The Kier molecular flexibility index (Phi) is 6.30. The van der Waals surface area contributed by atoms with E-state index < -0.39 is 11.7 Å². The first-order chi connectivity index (χ1) is 9.81. The molecule has 1 rings (SSSR count). The number of rotatable bonds is 3. The summed E-state index contributed by atoms with van der Waals surface area (Å²) in [4.78, 5) is 11.9. The maximum absolute atomic E-state index is 11.9. The molecule has 1 aromatic carbocycles. The van der Waals surface area contributed by atoms with Crippen molar-refractivity contribution >= 4 is 6.09 Å². The topological polar surface area (TPSA) is 38.3 Å². The lowest BCUT2D eigenvalue weighted by Gasteiger charge is -2.23. The molecule has 3 heteroatoms. The van der Waals surface area contributed by atoms with E-state index in [-0.39, 0.29) is 12.0 Å². The van der Waals surface area contributed by atoms with Gasteiger partial charge in [0.2, 0.25) is 0 Å². The van der Waals surface area contributed by atoms with Crippen LogP contribution in [0.5, 0.6) is 0 Å². The minimum absolute atomic E-state index is 0.218. The highest BCUT2D eigenvalue weighted by Crippen LogP contribution is 2.10. The zero-order valence-corrected chi connectivity index (χ0v) is 13.6. The third-order valence-electron chi connectivity index (χ3n) is 3.03. The molecule has 2 atom stereocenters. The van der Waals surface area contributed by atoms with Crippen LogP contribution < -0.4 is 5.32 Å². The van der Waals surface area contributed by atoms with E-state index in [2.05, 4.69) is 31.0 Å². The van der Waals surface area contributed by atoms with Crippen LogP contribution >= 0.6 is 0 Å². The minimum atomic E-state index is -0.503. The first-order valence-electron chi connectivity index (χ1n) is 7.38. The summed E-state index contributed by atoms with van der Waals surface area (Å²) in [5, 5.41) is 2.86. The molecule has 3 nitrogen and oxygen atoms in total. The van der Waals surface area contributed by atoms with Gasteiger partial charge in [0.15, 0.2) is 0 Å². The van der Waals surface area contributed by atoms with Gasteiger partial charge in [-0.3, -0.25) is 0 Å². The van der Waals surface area contributed by atoms with E-state index in [0.717, 1.165) is 12.0 Å². The Morgan fingerprint density at radius 3 is 2.43 bits per heavy atom. The normalized spacial score (nSPS) is 13.6. The Balaban J connectivity index is 2.78. The van der Waals surface area contributed by atoms with Crippen LogP contribution in [0, 0.1) is 17.8 Å². The van der Waals surface area contributed by atoms with E-state index in [1.165, 1.54) is 0 Å². The van der Waals surface area contributed by atoms with Gasteiger partial charge in [0.25, 0.3) is 0 Å². The lowest BCUT2D eigenvalue weighted by atomic mass is 9.99. The molecule has 1 N–H and O–H groups in total. The largest absolute Gasteiger partial charge is 0.444 e. The summed E-state index contributed by atoms with van der Waals surface area (Å²) in [6.45, 7) is 9.70. The molecule has 0 saturated carbocycles. The smallest absolute Gasteiger partial charge is 0.408 e. The van der Waals surface area contributed by atoms with Gasteiger partial charge in [-0.05, 0) is 38.8 Å². The summed E-state index contributed by atoms with van der Waals surface area (Å²) < 4.78 is 5.30. The van der Waals surface area contributed by atoms with E-state index in [4.69, 9.17) is 4.74 Å². The highest BCUT2D eigenvalue weighted by molar-refractivity contribution is 5.68. The van der Waals surface area contributed by atoms with Crippen molar-refractivity contribution < 1.29 is 9.53 Å². The molecular weight excluding hydrogens is 262 g/mol. The number of benzene rings is 1. The number of carbonyl (C=O) groups is 1. The predicted octanol–water partition coefficient (Wildman–Crippen LogP) is 3.98. The molecule has 21 heavy (non-hydrogen) atoms. The van der Waals surface area contributed by atoms with Crippen molar-refractivity contribution in [1.29, 1.82) is 0 Å². The Morgan fingerprint density at radius 1 is 1.29 bits per heavy atom. The monoisotopic (exact) mass is 287 g/mol. The van der Waals surface area contributed by atoms with Crippen LogP contribution in [0.2, 0.25) is 0 Å². The zero-order valence-electron chi connectivity index (χ0n) is 13.6. The molecule has 0 radical (unpaired) electrons. The van der Waals surface area contributed by atoms with Crippen LogP contribution in [0.15, 0.2) is 30.3 Å². The average molecular weight is 287 g/mol. The van der Waals surface area contributed by atoms with Gasteiger partial charge < -0.3 is 10.1 Å². The molecule has 0 aliphatic rings. The second-order valence-corrected chi connectivity index (χ2v) is 6.14. The number of hydrogen-bond donors (Lipinski definition) is 1. The predicted molar refractivity (Wildman–Crippen MR) is 85.9 cm³/mol. The van der Waals surface area contributed by atoms with E-state index in [1.54, 1.807) is 0 Å². The van der Waals surface area contributed by atoms with Crippen molar-refractivity contribution in [3.8, 4) is 11.8 Å². The molecule has 0 saturated heterocycles. The summed E-state index contributed by atoms with van der Waals surface area (Å²) in [6, 6.07) is 9.54. The molecule has 0 aromatic heterocycles. The van der Waals surface area contributed by atoms with Crippen LogP contribution in [0.3, 0.4) is 0 Å². The average Bonchev–Trinajstić information content (AvgIpc) is 2.41. The molecule has 0 aliphatic carbocycles. The molecule has 1 aromatic rings. The second-order valence-electron chi connectivity index (χ2n) is 6.14. The van der Waals surface area contributed by atoms with Gasteiger partial charge >= 0.3 is 6.09 Å². The number of carbonyl (C=O) groups excluding carboxylic acids is 1. The van der Waals surface area contributed by atoms with Crippen LogP contribution in [0.4, 0.5) is 4.79 Å². The van der Waals surface area contributed by atoms with Gasteiger partial charge in [0, 0.05) is 5.56 Å². The molecule has 0 aliphatic heterocycles. The van der Waals surface area contributed by atoms with Gasteiger partial charge in [0.1, 0.15) is 5.60 Å². The summed E-state index contributed by atoms with van der Waals surface area (Å²) in [7, 11) is 0. The lowest BCUT2D eigenvalue weighted by molar-refractivity contribution is 0.0504. The fourth-order valence-corrected chi connectivity index (χ4v) is 1.67. The molecule has 2 unspecified atom stereocenters. The Bertz CT molecular complexity index is 506. The standard InChI is InChI=1S/C18H25NO2/c1-6-14(2)16(19-17(20)21-18(3,4)5)13-12-15-10-8-7-9-11-15/h7-11,14,16H,6H2,1-5H3,(H,19,20). The van der Waals surface area contributed by atoms with Crippen molar-refractivity contribution in [1.82, 2.24) is 5.32 Å². The Morgan fingerprint density at radius 2 is 1.90 bits per heavy atom. The van der Waals surface area contributed by atoms with Crippen molar-refractivity contribution in [3.05, 3.63) is 35.9 Å². The molecular formula is C18H25NO2. The van der Waals surface area contributed by atoms with E-state index in [1.807, 2.05) is 51.1 Å². The molecule has 0 bridgehead atoms. The number of hydrogen-bond acceptors (Lipinski definition) is 2. The summed E-state index contributed by atoms with van der Waals surface area (Å²) in [5.74, 6) is 6.51. The third-order valence-corrected chi connectivity index (χ3v) is 3.03. The summed E-state index contributed by atoms with van der Waals surface area (Å²) >= 11 is 0. The first-order valence-corrected chi connectivity index (χ1v) is 7.38. The minimum Gasteiger partial charge on any atom is -0.444 e. The molecule has 0 fully saturated rings. The Labute approximate surface area is 128 Å².